The Labute approximate surface area is 214 Å². The van der Waals surface area contributed by atoms with Crippen LogP contribution in [0.3, 0.4) is 0 Å². The number of amides is 3. The van der Waals surface area contributed by atoms with Crippen molar-refractivity contribution in [3.05, 3.63) is 40.7 Å². The minimum atomic E-state index is -0.477. The maximum Gasteiger partial charge on any atom is 0.328 e. The third kappa shape index (κ3) is 6.02. The third-order valence-corrected chi connectivity index (χ3v) is 6.03. The molecule has 4 rings (SSSR count). The molecule has 2 aliphatic rings. The molecule has 0 saturated carbocycles. The highest BCUT2D eigenvalue weighted by atomic mass is 16.5. The van der Waals surface area contributed by atoms with E-state index in [0.717, 1.165) is 5.56 Å². The highest BCUT2D eigenvalue weighted by Gasteiger charge is 2.28. The van der Waals surface area contributed by atoms with E-state index in [4.69, 9.17) is 14.2 Å². The largest absolute Gasteiger partial charge is 0.487 e. The molecule has 3 amide bonds. The maximum absolute atomic E-state index is 13.2. The molecule has 0 spiro atoms. The first-order valence-electron chi connectivity index (χ1n) is 11.9. The summed E-state index contributed by atoms with van der Waals surface area (Å²) in [6, 6.07) is 4.88. The van der Waals surface area contributed by atoms with Gasteiger partial charge in [-0.3, -0.25) is 19.8 Å². The number of aldehydes is 1. The van der Waals surface area contributed by atoms with Gasteiger partial charge in [0.05, 0.1) is 19.4 Å². The van der Waals surface area contributed by atoms with Gasteiger partial charge in [0.1, 0.15) is 47.4 Å². The van der Waals surface area contributed by atoms with E-state index in [0.29, 0.717) is 56.8 Å². The van der Waals surface area contributed by atoms with Gasteiger partial charge in [0.15, 0.2) is 6.29 Å². The molecule has 0 aromatic carbocycles. The Bertz CT molecular complexity index is 1230. The van der Waals surface area contributed by atoms with E-state index in [1.54, 1.807) is 18.9 Å². The lowest BCUT2D eigenvalue weighted by Gasteiger charge is -2.30. The van der Waals surface area contributed by atoms with Gasteiger partial charge in [0, 0.05) is 38.4 Å². The number of morpholine rings is 1. The Morgan fingerprint density at radius 1 is 1.38 bits per heavy atom. The lowest BCUT2D eigenvalue weighted by atomic mass is 10.0. The topological polar surface area (TPSA) is 147 Å². The molecule has 0 radical (unpaired) electrons. The number of hydrogen-bond acceptors (Lipinski definition) is 9. The number of ether oxygens (including phenoxy) is 3. The Morgan fingerprint density at radius 3 is 2.95 bits per heavy atom. The van der Waals surface area contributed by atoms with Crippen molar-refractivity contribution in [3.8, 4) is 11.8 Å². The van der Waals surface area contributed by atoms with Crippen molar-refractivity contribution in [3.63, 3.8) is 0 Å². The molecule has 194 valence electrons. The smallest absolute Gasteiger partial charge is 0.328 e. The number of fused-ring (bicyclic) bond motifs is 1. The van der Waals surface area contributed by atoms with Crippen LogP contribution in [0, 0.1) is 11.3 Å². The molecule has 2 aromatic rings. The predicted molar refractivity (Wildman–Crippen MR) is 131 cm³/mol. The van der Waals surface area contributed by atoms with Crippen LogP contribution in [0.25, 0.3) is 0 Å². The zero-order valence-electron chi connectivity index (χ0n) is 20.7. The Morgan fingerprint density at radius 2 is 2.22 bits per heavy atom. The van der Waals surface area contributed by atoms with Crippen LogP contribution < -0.4 is 15.0 Å². The molecular weight excluding hydrogens is 480 g/mol. The van der Waals surface area contributed by atoms with Crippen LogP contribution in [0.2, 0.25) is 0 Å². The van der Waals surface area contributed by atoms with Crippen molar-refractivity contribution >= 4 is 29.9 Å². The number of anilines is 2. The van der Waals surface area contributed by atoms with Crippen LogP contribution >= 0.6 is 0 Å². The summed E-state index contributed by atoms with van der Waals surface area (Å²) in [4.78, 5) is 49.0. The maximum atomic E-state index is 13.2. The van der Waals surface area contributed by atoms with Gasteiger partial charge < -0.3 is 19.1 Å². The lowest BCUT2D eigenvalue weighted by molar-refractivity contribution is -0.143. The summed E-state index contributed by atoms with van der Waals surface area (Å²) in [6.45, 7) is 3.67. The number of rotatable bonds is 8. The van der Waals surface area contributed by atoms with Crippen molar-refractivity contribution in [2.24, 2.45) is 0 Å². The number of nitrogens with one attached hydrogen (secondary N) is 1. The number of nitriles is 1. The molecule has 37 heavy (non-hydrogen) atoms. The fraction of sp³-hybridized carbons (Fsp3) is 0.440. The van der Waals surface area contributed by atoms with Crippen LogP contribution in [0.4, 0.5) is 16.4 Å². The van der Waals surface area contributed by atoms with E-state index in [1.807, 2.05) is 12.1 Å². The molecule has 1 fully saturated rings. The van der Waals surface area contributed by atoms with Gasteiger partial charge in [0.2, 0.25) is 5.91 Å². The highest BCUT2D eigenvalue weighted by Crippen LogP contribution is 2.29. The summed E-state index contributed by atoms with van der Waals surface area (Å²) >= 11 is 0. The molecule has 12 nitrogen and oxygen atoms in total. The summed E-state index contributed by atoms with van der Waals surface area (Å²) < 4.78 is 16.0. The quantitative estimate of drug-likeness (QED) is 0.528. The first-order valence-corrected chi connectivity index (χ1v) is 11.9. The fourth-order valence-electron chi connectivity index (χ4n) is 4.26. The highest BCUT2D eigenvalue weighted by molar-refractivity contribution is 6.01. The normalized spacial score (nSPS) is 16.0. The molecular formula is C25H28N6O6. The molecule has 1 saturated heterocycles. The Hall–Kier alpha value is -4.08. The van der Waals surface area contributed by atoms with E-state index in [1.165, 1.54) is 17.2 Å². The van der Waals surface area contributed by atoms with Crippen molar-refractivity contribution in [1.29, 1.82) is 5.26 Å². The average Bonchev–Trinajstić information content (AvgIpc) is 2.89. The SMILES string of the molecule is COC[C@@H](C)Oc1cc(NC(=O)N2CCCc3cc(CN4CCOCC4=O)c(C=O)nc32)ncc1C#N. The predicted octanol–water partition coefficient (Wildman–Crippen LogP) is 1.92. The van der Waals surface area contributed by atoms with E-state index in [9.17, 15) is 19.6 Å². The third-order valence-electron chi connectivity index (χ3n) is 6.03. The first-order chi connectivity index (χ1) is 17.9. The van der Waals surface area contributed by atoms with Crippen molar-refractivity contribution < 1.29 is 28.6 Å². The van der Waals surface area contributed by atoms with E-state index < -0.39 is 6.03 Å². The molecule has 4 heterocycles. The first kappa shape index (κ1) is 26.0. The van der Waals surface area contributed by atoms with Gasteiger partial charge in [-0.1, -0.05) is 0 Å². The van der Waals surface area contributed by atoms with Crippen LogP contribution in [-0.2, 0) is 27.2 Å². The summed E-state index contributed by atoms with van der Waals surface area (Å²) in [5, 5.41) is 12.1. The van der Waals surface area contributed by atoms with Crippen LogP contribution in [0.1, 0.15) is 40.5 Å². The van der Waals surface area contributed by atoms with Gasteiger partial charge in [-0.05, 0) is 31.4 Å². The van der Waals surface area contributed by atoms with Crippen LogP contribution in [0.5, 0.6) is 5.75 Å². The van der Waals surface area contributed by atoms with Gasteiger partial charge in [-0.2, -0.15) is 5.26 Å². The second-order valence-corrected chi connectivity index (χ2v) is 8.75. The zero-order valence-corrected chi connectivity index (χ0v) is 20.7. The summed E-state index contributed by atoms with van der Waals surface area (Å²) in [5.74, 6) is 0.729. The average molecular weight is 509 g/mol. The Balaban J connectivity index is 1.55. The summed E-state index contributed by atoms with van der Waals surface area (Å²) in [7, 11) is 1.55. The van der Waals surface area contributed by atoms with E-state index >= 15 is 0 Å². The van der Waals surface area contributed by atoms with Crippen LogP contribution in [-0.4, -0.2) is 79.2 Å². The van der Waals surface area contributed by atoms with E-state index in [2.05, 4.69) is 15.3 Å². The summed E-state index contributed by atoms with van der Waals surface area (Å²) in [5.41, 5.74) is 1.85. The van der Waals surface area contributed by atoms with Crippen LogP contribution in [0.15, 0.2) is 18.3 Å². The molecule has 0 unspecified atom stereocenters. The number of aromatic nitrogens is 2. The number of carbonyl (C=O) groups is 3. The van der Waals surface area contributed by atoms with Crippen molar-refractivity contribution in [2.45, 2.75) is 32.4 Å². The minimum absolute atomic E-state index is 0.0180. The number of pyridine rings is 2. The molecule has 0 bridgehead atoms. The molecule has 2 aliphatic heterocycles. The van der Waals surface area contributed by atoms with Crippen molar-refractivity contribution in [1.82, 2.24) is 14.9 Å². The molecule has 1 N–H and O–H groups in total. The summed E-state index contributed by atoms with van der Waals surface area (Å²) in [6.07, 6.45) is 3.03. The number of urea groups is 1. The van der Waals surface area contributed by atoms with Crippen molar-refractivity contribution in [2.75, 3.05) is 50.2 Å². The second kappa shape index (κ2) is 11.8. The van der Waals surface area contributed by atoms with Gasteiger partial charge in [0.25, 0.3) is 0 Å². The number of aryl methyl sites for hydroxylation is 1. The Kier molecular flexibility index (Phi) is 8.27. The fourth-order valence-corrected chi connectivity index (χ4v) is 4.26. The number of carbonyl (C=O) groups excluding carboxylic acids is 3. The number of nitrogens with zero attached hydrogens (tertiary/aromatic N) is 5. The minimum Gasteiger partial charge on any atom is -0.487 e. The second-order valence-electron chi connectivity index (χ2n) is 8.75. The monoisotopic (exact) mass is 508 g/mol. The molecule has 0 aliphatic carbocycles. The lowest BCUT2D eigenvalue weighted by Crippen LogP contribution is -2.42. The zero-order chi connectivity index (χ0) is 26.4. The molecule has 1 atom stereocenters. The van der Waals surface area contributed by atoms with E-state index in [-0.39, 0.29) is 48.0 Å². The molecule has 12 heteroatoms. The van der Waals surface area contributed by atoms with Gasteiger partial charge in [-0.25, -0.2) is 14.8 Å². The standard InChI is InChI=1S/C25H28N6O6/c1-16(14-35-2)37-21-9-22(27-11-19(21)10-26)29-25(34)31-5-3-4-17-8-18(20(13-32)28-24(17)31)12-30-6-7-36-15-23(30)33/h8-9,11,13,16H,3-7,12,14-15H2,1-2H3,(H,27,29,34)/t16-/m1/s1. The van der Waals surface area contributed by atoms with Gasteiger partial charge >= 0.3 is 6.03 Å². The molecule has 2 aromatic heterocycles. The van der Waals surface area contributed by atoms with Gasteiger partial charge in [-0.15, -0.1) is 0 Å². The number of methoxy groups -OCH3 is 1. The number of hydrogen-bond donors (Lipinski definition) is 1.